The molecule has 7 heteroatoms. The lowest BCUT2D eigenvalue weighted by molar-refractivity contribution is -0.119. The molecule has 0 aliphatic heterocycles. The lowest BCUT2D eigenvalue weighted by Gasteiger charge is -2.10. The van der Waals surface area contributed by atoms with Crippen LogP contribution in [0.2, 0.25) is 0 Å². The van der Waals surface area contributed by atoms with E-state index in [2.05, 4.69) is 10.3 Å². The highest BCUT2D eigenvalue weighted by Gasteiger charge is 2.15. The largest absolute Gasteiger partial charge is 0.495 e. The Kier molecular flexibility index (Phi) is 4.63. The van der Waals surface area contributed by atoms with Crippen molar-refractivity contribution in [2.24, 2.45) is 0 Å². The van der Waals surface area contributed by atoms with E-state index in [1.807, 2.05) is 24.3 Å². The van der Waals surface area contributed by atoms with Gasteiger partial charge in [0.2, 0.25) is 0 Å². The Balaban J connectivity index is 1.52. The summed E-state index contributed by atoms with van der Waals surface area (Å²) in [4.78, 5) is 28.0. The third-order valence-corrected chi connectivity index (χ3v) is 4.22. The van der Waals surface area contributed by atoms with Gasteiger partial charge in [0, 0.05) is 29.2 Å². The van der Waals surface area contributed by atoms with Gasteiger partial charge in [0.25, 0.3) is 5.91 Å². The number of anilines is 1. The molecule has 4 rings (SSSR count). The Labute approximate surface area is 159 Å². The first-order valence-electron chi connectivity index (χ1n) is 8.52. The fourth-order valence-corrected chi connectivity index (χ4v) is 2.91. The van der Waals surface area contributed by atoms with E-state index in [0.717, 1.165) is 16.4 Å². The molecule has 0 bridgehead atoms. The minimum atomic E-state index is -0.600. The van der Waals surface area contributed by atoms with Gasteiger partial charge in [-0.25, -0.2) is 4.79 Å². The smallest absolute Gasteiger partial charge is 0.338 e. The first-order chi connectivity index (χ1) is 13.7. The van der Waals surface area contributed by atoms with Gasteiger partial charge in [0.05, 0.1) is 18.4 Å². The van der Waals surface area contributed by atoms with Crippen LogP contribution in [0.15, 0.2) is 65.3 Å². The number of nitrogens with zero attached hydrogens (tertiary/aromatic N) is 1. The monoisotopic (exact) mass is 376 g/mol. The maximum atomic E-state index is 12.2. The first-order valence-corrected chi connectivity index (χ1v) is 8.52. The molecule has 0 aliphatic carbocycles. The second-order valence-corrected chi connectivity index (χ2v) is 6.01. The average molecular weight is 376 g/mol. The number of fused-ring (bicyclic) bond motifs is 3. The van der Waals surface area contributed by atoms with Crippen molar-refractivity contribution in [2.45, 2.75) is 0 Å². The summed E-state index contributed by atoms with van der Waals surface area (Å²) in [7, 11) is 1.52. The van der Waals surface area contributed by atoms with Crippen molar-refractivity contribution >= 4 is 39.5 Å². The van der Waals surface area contributed by atoms with Crippen LogP contribution in [-0.2, 0) is 9.53 Å². The third kappa shape index (κ3) is 3.37. The van der Waals surface area contributed by atoms with Crippen LogP contribution in [0.5, 0.6) is 5.75 Å². The lowest BCUT2D eigenvalue weighted by atomic mass is 10.1. The molecular formula is C21H16N2O5. The summed E-state index contributed by atoms with van der Waals surface area (Å²) in [6, 6.07) is 14.2. The zero-order valence-electron chi connectivity index (χ0n) is 15.0. The van der Waals surface area contributed by atoms with Crippen molar-refractivity contribution in [3.8, 4) is 5.75 Å². The summed E-state index contributed by atoms with van der Waals surface area (Å²) < 4.78 is 16.3. The molecule has 0 radical (unpaired) electrons. The number of pyridine rings is 1. The molecule has 2 heterocycles. The van der Waals surface area contributed by atoms with Crippen molar-refractivity contribution in [3.05, 3.63) is 66.5 Å². The number of furan rings is 1. The molecular weight excluding hydrogens is 360 g/mol. The van der Waals surface area contributed by atoms with Gasteiger partial charge in [-0.1, -0.05) is 18.2 Å². The van der Waals surface area contributed by atoms with E-state index in [-0.39, 0.29) is 0 Å². The molecule has 2 aromatic heterocycles. The molecule has 0 spiro atoms. The molecule has 0 aliphatic rings. The average Bonchev–Trinajstić information content (AvgIpc) is 3.09. The highest BCUT2D eigenvalue weighted by molar-refractivity contribution is 6.08. The van der Waals surface area contributed by atoms with Crippen LogP contribution >= 0.6 is 0 Å². The highest BCUT2D eigenvalue weighted by atomic mass is 16.5. The summed E-state index contributed by atoms with van der Waals surface area (Å²) in [6.07, 6.45) is 2.95. The normalized spacial score (nSPS) is 10.8. The second kappa shape index (κ2) is 7.40. The van der Waals surface area contributed by atoms with Gasteiger partial charge >= 0.3 is 5.97 Å². The Morgan fingerprint density at radius 2 is 1.82 bits per heavy atom. The Hall–Kier alpha value is -3.87. The van der Waals surface area contributed by atoms with Gasteiger partial charge in [0.1, 0.15) is 16.9 Å². The number of hydrogen-bond donors (Lipinski definition) is 1. The highest BCUT2D eigenvalue weighted by Crippen LogP contribution is 2.36. The summed E-state index contributed by atoms with van der Waals surface area (Å²) in [6.45, 7) is -0.428. The Bertz CT molecular complexity index is 1170. The number of aromatic nitrogens is 1. The summed E-state index contributed by atoms with van der Waals surface area (Å²) in [5.74, 6) is -0.610. The summed E-state index contributed by atoms with van der Waals surface area (Å²) >= 11 is 0. The van der Waals surface area contributed by atoms with Crippen LogP contribution < -0.4 is 10.1 Å². The molecule has 0 unspecified atom stereocenters. The van der Waals surface area contributed by atoms with E-state index in [1.165, 1.54) is 31.6 Å². The second-order valence-electron chi connectivity index (χ2n) is 6.01. The lowest BCUT2D eigenvalue weighted by Crippen LogP contribution is -2.21. The van der Waals surface area contributed by atoms with Crippen LogP contribution in [0.3, 0.4) is 0 Å². The number of amides is 1. The topological polar surface area (TPSA) is 90.7 Å². The van der Waals surface area contributed by atoms with E-state index < -0.39 is 18.5 Å². The van der Waals surface area contributed by atoms with Crippen LogP contribution in [-0.4, -0.2) is 30.6 Å². The van der Waals surface area contributed by atoms with Gasteiger partial charge in [0.15, 0.2) is 6.61 Å². The SMILES string of the molecule is COc1cc2c(cc1NC(=O)COC(=O)c1ccncc1)oc1ccccc12. The van der Waals surface area contributed by atoms with Crippen LogP contribution in [0.4, 0.5) is 5.69 Å². The van der Waals surface area contributed by atoms with Crippen LogP contribution in [0.25, 0.3) is 21.9 Å². The molecule has 0 atom stereocenters. The maximum Gasteiger partial charge on any atom is 0.338 e. The standard InChI is InChI=1S/C21H16N2O5/c1-26-19-10-15-14-4-2-3-5-17(14)28-18(15)11-16(19)23-20(24)12-27-21(25)13-6-8-22-9-7-13/h2-11H,12H2,1H3,(H,23,24). The molecule has 4 aromatic rings. The Morgan fingerprint density at radius 3 is 2.61 bits per heavy atom. The summed E-state index contributed by atoms with van der Waals surface area (Å²) in [5, 5.41) is 4.53. The number of nitrogens with one attached hydrogen (secondary N) is 1. The van der Waals surface area contributed by atoms with Crippen molar-refractivity contribution in [2.75, 3.05) is 19.0 Å². The van der Waals surface area contributed by atoms with Crippen molar-refractivity contribution < 1.29 is 23.5 Å². The van der Waals surface area contributed by atoms with Gasteiger partial charge in [-0.15, -0.1) is 0 Å². The molecule has 2 aromatic carbocycles. The molecule has 0 saturated carbocycles. The fourth-order valence-electron chi connectivity index (χ4n) is 2.91. The number of rotatable bonds is 5. The first kappa shape index (κ1) is 17.5. The number of esters is 1. The van der Waals surface area contributed by atoms with Crippen LogP contribution in [0, 0.1) is 0 Å². The van der Waals surface area contributed by atoms with Gasteiger partial charge in [-0.2, -0.15) is 0 Å². The van der Waals surface area contributed by atoms with E-state index in [1.54, 1.807) is 12.1 Å². The molecule has 140 valence electrons. The number of hydrogen-bond acceptors (Lipinski definition) is 6. The number of carbonyl (C=O) groups excluding carboxylic acids is 2. The number of para-hydroxylation sites is 1. The molecule has 0 saturated heterocycles. The molecule has 7 nitrogen and oxygen atoms in total. The zero-order chi connectivity index (χ0) is 19.5. The van der Waals surface area contributed by atoms with E-state index in [4.69, 9.17) is 13.9 Å². The van der Waals surface area contributed by atoms with E-state index in [0.29, 0.717) is 22.6 Å². The molecule has 0 fully saturated rings. The van der Waals surface area contributed by atoms with E-state index in [9.17, 15) is 9.59 Å². The minimum Gasteiger partial charge on any atom is -0.495 e. The van der Waals surface area contributed by atoms with Crippen molar-refractivity contribution in [3.63, 3.8) is 0 Å². The van der Waals surface area contributed by atoms with Crippen LogP contribution in [0.1, 0.15) is 10.4 Å². The van der Waals surface area contributed by atoms with E-state index >= 15 is 0 Å². The van der Waals surface area contributed by atoms with Crippen molar-refractivity contribution in [1.82, 2.24) is 4.98 Å². The number of benzene rings is 2. The number of carbonyl (C=O) groups is 2. The maximum absolute atomic E-state index is 12.2. The summed E-state index contributed by atoms with van der Waals surface area (Å²) in [5.41, 5.74) is 2.11. The van der Waals surface area contributed by atoms with Gasteiger partial charge < -0.3 is 19.2 Å². The quantitative estimate of drug-likeness (QED) is 0.533. The number of ether oxygens (including phenoxy) is 2. The Morgan fingerprint density at radius 1 is 1.04 bits per heavy atom. The molecule has 28 heavy (non-hydrogen) atoms. The minimum absolute atomic E-state index is 0.323. The zero-order valence-corrected chi connectivity index (χ0v) is 15.0. The predicted octanol–water partition coefficient (Wildman–Crippen LogP) is 3.79. The van der Waals surface area contributed by atoms with Gasteiger partial charge in [-0.05, 0) is 24.3 Å². The molecule has 1 amide bonds. The predicted molar refractivity (Wildman–Crippen MR) is 103 cm³/mol. The molecule has 1 N–H and O–H groups in total. The van der Waals surface area contributed by atoms with Crippen molar-refractivity contribution in [1.29, 1.82) is 0 Å². The fraction of sp³-hybridized carbons (Fsp3) is 0.0952. The number of methoxy groups -OCH3 is 1. The third-order valence-electron chi connectivity index (χ3n) is 4.22. The van der Waals surface area contributed by atoms with Gasteiger partial charge in [-0.3, -0.25) is 9.78 Å².